The molecule has 0 bridgehead atoms. The van der Waals surface area contributed by atoms with E-state index in [9.17, 15) is 14.7 Å². The van der Waals surface area contributed by atoms with E-state index < -0.39 is 11.6 Å². The van der Waals surface area contributed by atoms with Crippen LogP contribution in [0.3, 0.4) is 0 Å². The molecule has 0 radical (unpaired) electrons. The van der Waals surface area contributed by atoms with E-state index in [1.807, 2.05) is 63.4 Å². The van der Waals surface area contributed by atoms with E-state index >= 15 is 0 Å². The van der Waals surface area contributed by atoms with Crippen molar-refractivity contribution in [2.75, 3.05) is 13.1 Å². The number of likely N-dealkylation sites (tertiary alicyclic amines) is 1. The second-order valence-electron chi connectivity index (χ2n) is 10.8. The third-order valence-corrected chi connectivity index (χ3v) is 6.70. The second kappa shape index (κ2) is 10.8. The number of imidazole rings is 1. The molecule has 1 fully saturated rings. The minimum atomic E-state index is -1.07. The van der Waals surface area contributed by atoms with Crippen LogP contribution in [0.15, 0.2) is 60.8 Å². The summed E-state index contributed by atoms with van der Waals surface area (Å²) in [5.74, 6) is 0.0189. The monoisotopic (exact) mass is 528 g/mol. The van der Waals surface area contributed by atoms with Gasteiger partial charge in [0.05, 0.1) is 0 Å². The van der Waals surface area contributed by atoms with Crippen molar-refractivity contribution >= 4 is 23.2 Å². The van der Waals surface area contributed by atoms with Gasteiger partial charge in [0, 0.05) is 24.8 Å². The van der Waals surface area contributed by atoms with Gasteiger partial charge in [-0.25, -0.2) is 19.6 Å². The third kappa shape index (κ3) is 6.19. The Bertz CT molecular complexity index is 1480. The topological polar surface area (TPSA) is 118 Å². The zero-order valence-electron chi connectivity index (χ0n) is 22.3. The summed E-state index contributed by atoms with van der Waals surface area (Å²) < 4.78 is 11.3. The molecule has 0 spiro atoms. The van der Waals surface area contributed by atoms with Gasteiger partial charge in [0.1, 0.15) is 34.9 Å². The van der Waals surface area contributed by atoms with Gasteiger partial charge in [-0.15, -0.1) is 0 Å². The van der Waals surface area contributed by atoms with Crippen LogP contribution in [0.1, 0.15) is 61.0 Å². The van der Waals surface area contributed by atoms with Crippen molar-refractivity contribution in [1.29, 1.82) is 0 Å². The lowest BCUT2D eigenvalue weighted by molar-refractivity contribution is 0.0204. The summed E-state index contributed by atoms with van der Waals surface area (Å²) in [7, 11) is 0. The number of amides is 1. The van der Waals surface area contributed by atoms with Crippen molar-refractivity contribution < 1.29 is 24.2 Å². The first-order chi connectivity index (χ1) is 18.7. The summed E-state index contributed by atoms with van der Waals surface area (Å²) >= 11 is 0. The van der Waals surface area contributed by atoms with E-state index in [1.54, 1.807) is 23.1 Å². The number of fused-ring (bicyclic) bond motifs is 1. The van der Waals surface area contributed by atoms with E-state index in [-0.39, 0.29) is 24.2 Å². The number of piperidine rings is 1. The molecule has 2 aromatic heterocycles. The minimum Gasteiger partial charge on any atom is -0.488 e. The Morgan fingerprint density at radius 1 is 1.08 bits per heavy atom. The summed E-state index contributed by atoms with van der Waals surface area (Å²) in [5.41, 5.74) is 3.53. The number of H-pyrrole nitrogens is 1. The maximum atomic E-state index is 12.4. The lowest BCUT2D eigenvalue weighted by atomic mass is 9.90. The highest BCUT2D eigenvalue weighted by Crippen LogP contribution is 2.31. The van der Waals surface area contributed by atoms with Gasteiger partial charge in [-0.2, -0.15) is 0 Å². The number of hydrogen-bond donors (Lipinski definition) is 2. The van der Waals surface area contributed by atoms with Gasteiger partial charge in [0.2, 0.25) is 0 Å². The number of aromatic amines is 1. The maximum absolute atomic E-state index is 12.4. The molecule has 2 aromatic carbocycles. The molecule has 0 saturated carbocycles. The van der Waals surface area contributed by atoms with Gasteiger partial charge in [-0.3, -0.25) is 0 Å². The molecular formula is C30H32N4O5. The van der Waals surface area contributed by atoms with E-state index in [1.165, 1.54) is 0 Å². The molecular weight excluding hydrogens is 496 g/mol. The van der Waals surface area contributed by atoms with Gasteiger partial charge >= 0.3 is 12.1 Å². The molecule has 9 heteroatoms. The summed E-state index contributed by atoms with van der Waals surface area (Å²) in [5, 5.41) is 9.81. The summed E-state index contributed by atoms with van der Waals surface area (Å²) in [6.07, 6.45) is 3.21. The van der Waals surface area contributed by atoms with Crippen LogP contribution in [-0.2, 0) is 11.3 Å². The van der Waals surface area contributed by atoms with Crippen LogP contribution in [0.5, 0.6) is 5.75 Å². The van der Waals surface area contributed by atoms with Crippen molar-refractivity contribution in [3.8, 4) is 17.1 Å². The first-order valence-electron chi connectivity index (χ1n) is 13.0. The van der Waals surface area contributed by atoms with Crippen LogP contribution in [0, 0.1) is 0 Å². The second-order valence-corrected chi connectivity index (χ2v) is 10.8. The zero-order chi connectivity index (χ0) is 27.6. The fourth-order valence-corrected chi connectivity index (χ4v) is 4.70. The Kier molecular flexibility index (Phi) is 7.24. The van der Waals surface area contributed by atoms with Crippen LogP contribution in [0.25, 0.3) is 22.6 Å². The first-order valence-corrected chi connectivity index (χ1v) is 13.0. The number of hydrogen-bond acceptors (Lipinski definition) is 6. The Labute approximate surface area is 226 Å². The van der Waals surface area contributed by atoms with Crippen LogP contribution >= 0.6 is 0 Å². The van der Waals surface area contributed by atoms with Gasteiger partial charge in [0.25, 0.3) is 0 Å². The number of aromatic nitrogens is 3. The van der Waals surface area contributed by atoms with Gasteiger partial charge in [-0.1, -0.05) is 30.3 Å². The number of nitrogens with zero attached hydrogens (tertiary/aromatic N) is 3. The summed E-state index contributed by atoms with van der Waals surface area (Å²) in [6.45, 7) is 7.13. The lowest BCUT2D eigenvalue weighted by Crippen LogP contribution is -2.41. The van der Waals surface area contributed by atoms with Crippen molar-refractivity contribution in [3.63, 3.8) is 0 Å². The van der Waals surface area contributed by atoms with E-state index in [2.05, 4.69) is 9.97 Å². The number of carbonyl (C=O) groups is 2. The first kappa shape index (κ1) is 26.2. The number of carbonyl (C=O) groups excluding carboxylic acids is 1. The van der Waals surface area contributed by atoms with Crippen molar-refractivity contribution in [1.82, 2.24) is 19.9 Å². The Hall–Kier alpha value is -4.40. The van der Waals surface area contributed by atoms with E-state index in [4.69, 9.17) is 14.5 Å². The molecule has 1 saturated heterocycles. The van der Waals surface area contributed by atoms with Crippen molar-refractivity contribution in [2.24, 2.45) is 0 Å². The summed E-state index contributed by atoms with van der Waals surface area (Å²) in [4.78, 5) is 38.6. The predicted octanol–water partition coefficient (Wildman–Crippen LogP) is 6.02. The van der Waals surface area contributed by atoms with Gasteiger partial charge in [-0.05, 0) is 74.9 Å². The number of rotatable bonds is 6. The molecule has 3 heterocycles. The van der Waals surface area contributed by atoms with Crippen molar-refractivity contribution in [2.45, 2.75) is 51.7 Å². The lowest BCUT2D eigenvalue weighted by Gasteiger charge is -2.33. The molecule has 2 N–H and O–H groups in total. The molecule has 202 valence electrons. The molecule has 9 nitrogen and oxygen atoms in total. The molecule has 1 amide bonds. The van der Waals surface area contributed by atoms with E-state index in [0.29, 0.717) is 41.4 Å². The number of ether oxygens (including phenoxy) is 2. The Morgan fingerprint density at radius 3 is 2.51 bits per heavy atom. The standard InChI is InChI=1S/C30H32N4O5/c1-30(2,3)39-29(37)34-13-11-20(12-14-34)22-16-24-27(31-17-22)33-26(32-24)21-9-10-25(23(15-21)28(35)36)38-18-19-7-5-4-6-8-19/h4-10,15-17,20H,11-14,18H2,1-3H3,(H,35,36)(H,31,32,33). The molecule has 4 aromatic rings. The predicted molar refractivity (Wildman–Crippen MR) is 147 cm³/mol. The number of nitrogens with one attached hydrogen (secondary N) is 1. The molecule has 39 heavy (non-hydrogen) atoms. The normalized spacial score (nSPS) is 14.4. The maximum Gasteiger partial charge on any atom is 0.410 e. The number of carboxylic acids is 1. The molecule has 1 aliphatic rings. The number of aromatic carboxylic acids is 1. The van der Waals surface area contributed by atoms with Crippen LogP contribution < -0.4 is 4.74 Å². The number of benzene rings is 2. The average molecular weight is 529 g/mol. The fourth-order valence-electron chi connectivity index (χ4n) is 4.70. The fraction of sp³-hybridized carbons (Fsp3) is 0.333. The van der Waals surface area contributed by atoms with Crippen LogP contribution in [-0.4, -0.2) is 55.7 Å². The zero-order valence-corrected chi connectivity index (χ0v) is 22.3. The third-order valence-electron chi connectivity index (χ3n) is 6.70. The van der Waals surface area contributed by atoms with Crippen molar-refractivity contribution in [3.05, 3.63) is 77.5 Å². The highest BCUT2D eigenvalue weighted by atomic mass is 16.6. The minimum absolute atomic E-state index is 0.0642. The largest absolute Gasteiger partial charge is 0.488 e. The van der Waals surface area contributed by atoms with Crippen LogP contribution in [0.4, 0.5) is 4.79 Å². The SMILES string of the molecule is CC(C)(C)OC(=O)N1CCC(c2cnc3[nH]c(-c4ccc(OCc5ccccc5)c(C(=O)O)c4)nc3c2)CC1. The molecule has 0 aliphatic carbocycles. The smallest absolute Gasteiger partial charge is 0.410 e. The highest BCUT2D eigenvalue weighted by Gasteiger charge is 2.28. The molecule has 0 unspecified atom stereocenters. The molecule has 5 rings (SSSR count). The molecule has 1 aliphatic heterocycles. The number of pyridine rings is 1. The van der Waals surface area contributed by atoms with E-state index in [0.717, 1.165) is 24.0 Å². The van der Waals surface area contributed by atoms with Gasteiger partial charge in [0.15, 0.2) is 5.65 Å². The number of carboxylic acid groups (broad SMARTS) is 1. The average Bonchev–Trinajstić information content (AvgIpc) is 3.35. The molecule has 0 atom stereocenters. The van der Waals surface area contributed by atoms with Gasteiger partial charge < -0.3 is 24.5 Å². The summed E-state index contributed by atoms with van der Waals surface area (Å²) in [6, 6.07) is 16.6. The Morgan fingerprint density at radius 2 is 1.82 bits per heavy atom. The van der Waals surface area contributed by atoms with Crippen LogP contribution in [0.2, 0.25) is 0 Å². The quantitative estimate of drug-likeness (QED) is 0.314. The highest BCUT2D eigenvalue weighted by molar-refractivity contribution is 5.92. The Balaban J connectivity index is 1.30.